The fourth-order valence-electron chi connectivity index (χ4n) is 4.56. The number of rotatable bonds is 8. The van der Waals surface area contributed by atoms with Gasteiger partial charge < -0.3 is 9.47 Å². The molecule has 1 aliphatic heterocycles. The fraction of sp³-hybridized carbons (Fsp3) is 0.167. The molecule has 0 saturated heterocycles. The molecule has 0 spiro atoms. The molecular weight excluding hydrogens is 530 g/mol. The number of allylic oxidation sites excluding steroid dienone is 1. The lowest BCUT2D eigenvalue weighted by molar-refractivity contribution is -0.385. The van der Waals surface area contributed by atoms with E-state index in [1.54, 1.807) is 60.9 Å². The first kappa shape index (κ1) is 26.8. The first-order valence-electron chi connectivity index (χ1n) is 12.6. The van der Waals surface area contributed by atoms with Crippen molar-refractivity contribution in [2.24, 2.45) is 4.99 Å². The Bertz CT molecular complexity index is 1810. The smallest absolute Gasteiger partial charge is 0.338 e. The van der Waals surface area contributed by atoms with Crippen molar-refractivity contribution in [3.05, 3.63) is 137 Å². The number of benzene rings is 3. The van der Waals surface area contributed by atoms with Gasteiger partial charge in [0.1, 0.15) is 12.4 Å². The number of carbonyl (C=O) groups excluding carboxylic acids is 1. The van der Waals surface area contributed by atoms with Gasteiger partial charge in [-0.1, -0.05) is 65.9 Å². The minimum absolute atomic E-state index is 0.00906. The molecule has 0 saturated carbocycles. The van der Waals surface area contributed by atoms with Gasteiger partial charge in [-0.3, -0.25) is 19.5 Å². The number of hydrogen-bond donors (Lipinski definition) is 0. The summed E-state index contributed by atoms with van der Waals surface area (Å²) in [4.78, 5) is 42.7. The number of ether oxygens (including phenoxy) is 2. The third kappa shape index (κ3) is 5.34. The molecule has 0 amide bonds. The van der Waals surface area contributed by atoms with Crippen molar-refractivity contribution in [3.63, 3.8) is 0 Å². The van der Waals surface area contributed by atoms with Crippen LogP contribution in [-0.2, 0) is 16.1 Å². The Hall–Kier alpha value is -4.83. The van der Waals surface area contributed by atoms with Crippen molar-refractivity contribution in [1.82, 2.24) is 4.57 Å². The molecule has 0 aliphatic carbocycles. The van der Waals surface area contributed by atoms with Gasteiger partial charge in [0.25, 0.3) is 11.2 Å². The highest BCUT2D eigenvalue weighted by atomic mass is 32.1. The van der Waals surface area contributed by atoms with E-state index in [0.29, 0.717) is 37.5 Å². The van der Waals surface area contributed by atoms with Crippen LogP contribution in [0.2, 0.25) is 0 Å². The average Bonchev–Trinajstić information content (AvgIpc) is 3.25. The van der Waals surface area contributed by atoms with E-state index >= 15 is 0 Å². The Morgan fingerprint density at radius 1 is 1.10 bits per heavy atom. The van der Waals surface area contributed by atoms with Gasteiger partial charge in [0.05, 0.1) is 38.9 Å². The van der Waals surface area contributed by atoms with E-state index in [-0.39, 0.29) is 24.5 Å². The Morgan fingerprint density at radius 2 is 1.85 bits per heavy atom. The highest BCUT2D eigenvalue weighted by Gasteiger charge is 2.33. The van der Waals surface area contributed by atoms with E-state index in [0.717, 1.165) is 5.56 Å². The standard InChI is InChI=1S/C30H25N3O6S/c1-3-38-29(35)26-19(2)31-30-32(27(26)21-11-5-4-6-12-21)28(34)25(40-30)17-20-10-9-14-23(16-20)39-18-22-13-7-8-15-24(22)33(36)37/h4-17,27H,3,18H2,1-2H3/b25-17+. The van der Waals surface area contributed by atoms with Gasteiger partial charge >= 0.3 is 5.97 Å². The van der Waals surface area contributed by atoms with E-state index in [2.05, 4.69) is 4.99 Å². The molecule has 1 aromatic heterocycles. The van der Waals surface area contributed by atoms with E-state index < -0.39 is 16.9 Å². The Balaban J connectivity index is 1.52. The summed E-state index contributed by atoms with van der Waals surface area (Å²) in [6.45, 7) is 3.71. The zero-order chi connectivity index (χ0) is 28.2. The Kier molecular flexibility index (Phi) is 7.70. The molecule has 40 heavy (non-hydrogen) atoms. The van der Waals surface area contributed by atoms with Gasteiger partial charge in [-0.15, -0.1) is 0 Å². The summed E-state index contributed by atoms with van der Waals surface area (Å²) in [5, 5.41) is 11.3. The van der Waals surface area contributed by atoms with Crippen molar-refractivity contribution in [3.8, 4) is 5.75 Å². The van der Waals surface area contributed by atoms with E-state index in [4.69, 9.17) is 9.47 Å². The predicted octanol–water partition coefficient (Wildman–Crippen LogP) is 4.29. The van der Waals surface area contributed by atoms with Crippen LogP contribution in [0.25, 0.3) is 6.08 Å². The van der Waals surface area contributed by atoms with Gasteiger partial charge in [-0.05, 0) is 49.2 Å². The monoisotopic (exact) mass is 555 g/mol. The summed E-state index contributed by atoms with van der Waals surface area (Å²) in [6.07, 6.45) is 1.74. The molecule has 3 aromatic carbocycles. The number of aromatic nitrogens is 1. The lowest BCUT2D eigenvalue weighted by Gasteiger charge is -2.24. The zero-order valence-electron chi connectivity index (χ0n) is 21.8. The van der Waals surface area contributed by atoms with Gasteiger partial charge in [0.15, 0.2) is 4.80 Å². The summed E-state index contributed by atoms with van der Waals surface area (Å²) >= 11 is 1.23. The normalized spacial score (nSPS) is 14.8. The first-order chi connectivity index (χ1) is 19.4. The highest BCUT2D eigenvalue weighted by molar-refractivity contribution is 7.07. The largest absolute Gasteiger partial charge is 0.489 e. The highest BCUT2D eigenvalue weighted by Crippen LogP contribution is 2.30. The lowest BCUT2D eigenvalue weighted by Crippen LogP contribution is -2.39. The van der Waals surface area contributed by atoms with Crippen LogP contribution in [0, 0.1) is 10.1 Å². The third-order valence-corrected chi connectivity index (χ3v) is 7.35. The van der Waals surface area contributed by atoms with Crippen molar-refractivity contribution in [2.45, 2.75) is 26.5 Å². The molecule has 4 aromatic rings. The maximum atomic E-state index is 13.7. The summed E-state index contributed by atoms with van der Waals surface area (Å²) in [6, 6.07) is 22.2. The number of carbonyl (C=O) groups is 1. The number of nitro benzene ring substituents is 1. The second-order valence-electron chi connectivity index (χ2n) is 8.96. The number of nitro groups is 1. The first-order valence-corrected chi connectivity index (χ1v) is 13.4. The molecule has 2 heterocycles. The molecule has 0 radical (unpaired) electrons. The maximum Gasteiger partial charge on any atom is 0.338 e. The van der Waals surface area contributed by atoms with Crippen LogP contribution in [0.4, 0.5) is 5.69 Å². The number of nitrogens with zero attached hydrogens (tertiary/aromatic N) is 3. The molecule has 10 heteroatoms. The Labute approximate surface area is 233 Å². The van der Waals surface area contributed by atoms with E-state index in [1.807, 2.05) is 36.4 Å². The van der Waals surface area contributed by atoms with Crippen molar-refractivity contribution in [1.29, 1.82) is 0 Å². The molecular formula is C30H25N3O6S. The van der Waals surface area contributed by atoms with Gasteiger partial charge in [0, 0.05) is 6.07 Å². The molecule has 0 bridgehead atoms. The van der Waals surface area contributed by atoms with Gasteiger partial charge in [-0.25, -0.2) is 9.79 Å². The zero-order valence-corrected chi connectivity index (χ0v) is 22.6. The Morgan fingerprint density at radius 3 is 2.60 bits per heavy atom. The molecule has 0 fully saturated rings. The van der Waals surface area contributed by atoms with Crippen LogP contribution in [0.3, 0.4) is 0 Å². The van der Waals surface area contributed by atoms with Crippen LogP contribution in [0.1, 0.15) is 36.6 Å². The summed E-state index contributed by atoms with van der Waals surface area (Å²) < 4.78 is 13.1. The second-order valence-corrected chi connectivity index (χ2v) is 9.97. The maximum absolute atomic E-state index is 13.7. The topological polar surface area (TPSA) is 113 Å². The SMILES string of the molecule is CCOC(=O)C1=C(C)N=c2s/c(=C/c3cccc(OCc4ccccc4[N+](=O)[O-])c3)c(=O)n2C1c1ccccc1. The summed E-state index contributed by atoms with van der Waals surface area (Å²) in [7, 11) is 0. The molecule has 202 valence electrons. The van der Waals surface area contributed by atoms with Crippen LogP contribution in [0.15, 0.2) is 99.9 Å². The van der Waals surface area contributed by atoms with Gasteiger partial charge in [-0.2, -0.15) is 0 Å². The minimum Gasteiger partial charge on any atom is -0.489 e. The number of thiazole rings is 1. The molecule has 9 nitrogen and oxygen atoms in total. The summed E-state index contributed by atoms with van der Waals surface area (Å²) in [5.74, 6) is -0.00216. The van der Waals surface area contributed by atoms with Crippen molar-refractivity contribution < 1.29 is 19.2 Å². The average molecular weight is 556 g/mol. The number of hydrogen-bond acceptors (Lipinski definition) is 8. The van der Waals surface area contributed by atoms with Crippen LogP contribution in [-0.4, -0.2) is 22.1 Å². The third-order valence-electron chi connectivity index (χ3n) is 6.37. The predicted molar refractivity (Wildman–Crippen MR) is 151 cm³/mol. The van der Waals surface area contributed by atoms with E-state index in [9.17, 15) is 19.7 Å². The van der Waals surface area contributed by atoms with Crippen molar-refractivity contribution >= 4 is 29.1 Å². The fourth-order valence-corrected chi connectivity index (χ4v) is 5.61. The molecule has 1 atom stereocenters. The molecule has 5 rings (SSSR count). The van der Waals surface area contributed by atoms with Crippen LogP contribution in [0.5, 0.6) is 5.75 Å². The second kappa shape index (κ2) is 11.5. The molecule has 0 N–H and O–H groups in total. The minimum atomic E-state index is -0.671. The number of para-hydroxylation sites is 1. The molecule has 1 unspecified atom stereocenters. The quantitative estimate of drug-likeness (QED) is 0.182. The molecule has 1 aliphatic rings. The van der Waals surface area contributed by atoms with E-state index in [1.165, 1.54) is 17.4 Å². The summed E-state index contributed by atoms with van der Waals surface area (Å²) in [5.41, 5.74) is 2.49. The van der Waals surface area contributed by atoms with Crippen LogP contribution >= 0.6 is 11.3 Å². The van der Waals surface area contributed by atoms with Crippen molar-refractivity contribution in [2.75, 3.05) is 6.61 Å². The number of esters is 1. The van der Waals surface area contributed by atoms with Crippen LogP contribution < -0.4 is 19.6 Å². The number of fused-ring (bicyclic) bond motifs is 1. The lowest BCUT2D eigenvalue weighted by atomic mass is 9.96. The van der Waals surface area contributed by atoms with Gasteiger partial charge in [0.2, 0.25) is 0 Å².